The van der Waals surface area contributed by atoms with Gasteiger partial charge >= 0.3 is 6.36 Å². The Morgan fingerprint density at radius 2 is 1.75 bits per heavy atom. The quantitative estimate of drug-likeness (QED) is 0.765. The van der Waals surface area contributed by atoms with Crippen molar-refractivity contribution in [2.24, 2.45) is 0 Å². The van der Waals surface area contributed by atoms with Gasteiger partial charge in [-0.1, -0.05) is 30.3 Å². The number of nitrogens with zero attached hydrogens (tertiary/aromatic N) is 1. The molecule has 3 rings (SSSR count). The maximum Gasteiger partial charge on any atom is 0.574 e. The normalized spacial score (nSPS) is 11.8. The van der Waals surface area contributed by atoms with Gasteiger partial charge in [-0.15, -0.1) is 13.2 Å². The number of rotatable bonds is 2. The molecule has 0 aliphatic heterocycles. The van der Waals surface area contributed by atoms with Crippen LogP contribution in [0.3, 0.4) is 0 Å². The highest BCUT2D eigenvalue weighted by Gasteiger charge is 2.33. The van der Waals surface area contributed by atoms with Gasteiger partial charge in [-0.2, -0.15) is 0 Å². The summed E-state index contributed by atoms with van der Waals surface area (Å²) < 4.78 is 41.6. The van der Waals surface area contributed by atoms with Gasteiger partial charge in [0.25, 0.3) is 0 Å². The summed E-state index contributed by atoms with van der Waals surface area (Å²) in [5.41, 5.74) is 1.34. The van der Waals surface area contributed by atoms with Crippen LogP contribution in [-0.4, -0.2) is 16.3 Å². The van der Waals surface area contributed by atoms with Crippen molar-refractivity contribution in [3.63, 3.8) is 0 Å². The van der Waals surface area contributed by atoms with Crippen molar-refractivity contribution in [2.45, 2.75) is 6.36 Å². The molecule has 0 unspecified atom stereocenters. The molecule has 1 aromatic carbocycles. The van der Waals surface area contributed by atoms with Crippen molar-refractivity contribution < 1.29 is 17.9 Å². The van der Waals surface area contributed by atoms with E-state index in [0.717, 1.165) is 0 Å². The number of fused-ring (bicyclic) bond motifs is 1. The summed E-state index contributed by atoms with van der Waals surface area (Å²) in [5.74, 6) is -0.350. The van der Waals surface area contributed by atoms with Gasteiger partial charge in [-0.05, 0) is 17.7 Å². The molecule has 1 N–H and O–H groups in total. The first-order valence-electron chi connectivity index (χ1n) is 5.82. The molecule has 0 aliphatic carbocycles. The average molecular weight is 278 g/mol. The highest BCUT2D eigenvalue weighted by atomic mass is 19.4. The van der Waals surface area contributed by atoms with Gasteiger partial charge < -0.3 is 9.72 Å². The SMILES string of the molecule is FC(F)(F)Oc1[nH]c2ncccc2c1-c1ccccc1. The lowest BCUT2D eigenvalue weighted by Crippen LogP contribution is -2.17. The standard InChI is InChI=1S/C14H9F3N2O/c15-14(16,17)20-13-11(9-5-2-1-3-6-9)10-7-4-8-18-12(10)19-13/h1-8H,(H,18,19). The lowest BCUT2D eigenvalue weighted by atomic mass is 10.1. The number of ether oxygens (including phenoxy) is 1. The Balaban J connectivity index is 2.24. The number of aromatic amines is 1. The van der Waals surface area contributed by atoms with Gasteiger partial charge in [-0.25, -0.2) is 4.98 Å². The number of pyridine rings is 1. The largest absolute Gasteiger partial charge is 0.574 e. The van der Waals surface area contributed by atoms with E-state index < -0.39 is 6.36 Å². The van der Waals surface area contributed by atoms with E-state index in [-0.39, 0.29) is 5.88 Å². The van der Waals surface area contributed by atoms with Gasteiger partial charge in [0, 0.05) is 11.6 Å². The second-order valence-electron chi connectivity index (χ2n) is 4.14. The average Bonchev–Trinajstić information content (AvgIpc) is 2.75. The molecule has 6 heteroatoms. The Labute approximate surface area is 112 Å². The molecule has 20 heavy (non-hydrogen) atoms. The monoisotopic (exact) mass is 278 g/mol. The number of nitrogens with one attached hydrogen (secondary N) is 1. The van der Waals surface area contributed by atoms with Crippen molar-refractivity contribution in [1.82, 2.24) is 9.97 Å². The zero-order valence-electron chi connectivity index (χ0n) is 10.1. The molecule has 2 heterocycles. The molecular weight excluding hydrogens is 269 g/mol. The smallest absolute Gasteiger partial charge is 0.389 e. The van der Waals surface area contributed by atoms with Crippen molar-refractivity contribution in [1.29, 1.82) is 0 Å². The molecule has 2 aromatic heterocycles. The van der Waals surface area contributed by atoms with E-state index in [2.05, 4.69) is 14.7 Å². The fourth-order valence-electron chi connectivity index (χ4n) is 2.08. The summed E-state index contributed by atoms with van der Waals surface area (Å²) in [6.07, 6.45) is -3.25. The summed E-state index contributed by atoms with van der Waals surface area (Å²) >= 11 is 0. The summed E-state index contributed by atoms with van der Waals surface area (Å²) in [5, 5.41) is 0.581. The van der Waals surface area contributed by atoms with Crippen LogP contribution in [0.15, 0.2) is 48.7 Å². The van der Waals surface area contributed by atoms with Crippen LogP contribution in [0.5, 0.6) is 5.88 Å². The first kappa shape index (κ1) is 12.5. The minimum Gasteiger partial charge on any atom is -0.389 e. The molecule has 0 saturated carbocycles. The summed E-state index contributed by atoms with van der Waals surface area (Å²) in [4.78, 5) is 6.58. The summed E-state index contributed by atoms with van der Waals surface area (Å²) in [6.45, 7) is 0. The van der Waals surface area contributed by atoms with Crippen LogP contribution in [-0.2, 0) is 0 Å². The number of halogens is 3. The van der Waals surface area contributed by atoms with Gasteiger partial charge in [0.2, 0.25) is 5.88 Å². The van der Waals surface area contributed by atoms with E-state index in [0.29, 0.717) is 22.2 Å². The van der Waals surface area contributed by atoms with Crippen LogP contribution in [0.25, 0.3) is 22.2 Å². The predicted octanol–water partition coefficient (Wildman–Crippen LogP) is 4.13. The number of H-pyrrole nitrogens is 1. The topological polar surface area (TPSA) is 37.9 Å². The Morgan fingerprint density at radius 3 is 2.45 bits per heavy atom. The number of benzene rings is 1. The molecule has 0 saturated heterocycles. The molecule has 0 bridgehead atoms. The third kappa shape index (κ3) is 2.32. The number of hydrogen-bond acceptors (Lipinski definition) is 2. The minimum absolute atomic E-state index is 0.350. The number of hydrogen-bond donors (Lipinski definition) is 1. The van der Waals surface area contributed by atoms with E-state index in [4.69, 9.17) is 0 Å². The third-order valence-corrected chi connectivity index (χ3v) is 2.82. The first-order valence-corrected chi connectivity index (χ1v) is 5.82. The second-order valence-corrected chi connectivity index (χ2v) is 4.14. The van der Waals surface area contributed by atoms with Gasteiger partial charge in [0.15, 0.2) is 0 Å². The zero-order valence-corrected chi connectivity index (χ0v) is 10.1. The number of aromatic nitrogens is 2. The van der Waals surface area contributed by atoms with Crippen LogP contribution in [0.4, 0.5) is 13.2 Å². The van der Waals surface area contributed by atoms with Crippen LogP contribution in [0, 0.1) is 0 Å². The van der Waals surface area contributed by atoms with Crippen molar-refractivity contribution in [3.05, 3.63) is 48.7 Å². The van der Waals surface area contributed by atoms with E-state index in [1.165, 1.54) is 6.20 Å². The van der Waals surface area contributed by atoms with Gasteiger partial charge in [-0.3, -0.25) is 0 Å². The van der Waals surface area contributed by atoms with Crippen LogP contribution in [0.2, 0.25) is 0 Å². The van der Waals surface area contributed by atoms with Crippen molar-refractivity contribution in [2.75, 3.05) is 0 Å². The van der Waals surface area contributed by atoms with Crippen LogP contribution >= 0.6 is 0 Å². The number of alkyl halides is 3. The Bertz CT molecular complexity index is 735. The summed E-state index contributed by atoms with van der Waals surface area (Å²) in [7, 11) is 0. The molecule has 3 aromatic rings. The molecule has 0 radical (unpaired) electrons. The molecule has 0 spiro atoms. The van der Waals surface area contributed by atoms with Crippen LogP contribution < -0.4 is 4.74 Å². The maximum atomic E-state index is 12.5. The molecule has 0 atom stereocenters. The second kappa shape index (κ2) is 4.56. The van der Waals surface area contributed by atoms with E-state index in [1.807, 2.05) is 0 Å². The van der Waals surface area contributed by atoms with Crippen molar-refractivity contribution in [3.8, 4) is 17.0 Å². The lowest BCUT2D eigenvalue weighted by molar-refractivity contribution is -0.275. The lowest BCUT2D eigenvalue weighted by Gasteiger charge is -2.09. The molecular formula is C14H9F3N2O. The molecule has 3 nitrogen and oxygen atoms in total. The van der Waals surface area contributed by atoms with Gasteiger partial charge in [0.1, 0.15) is 5.65 Å². The Kier molecular flexibility index (Phi) is 2.85. The minimum atomic E-state index is -4.76. The fourth-order valence-corrected chi connectivity index (χ4v) is 2.08. The van der Waals surface area contributed by atoms with Gasteiger partial charge in [0.05, 0.1) is 5.56 Å². The summed E-state index contributed by atoms with van der Waals surface area (Å²) in [6, 6.07) is 12.1. The molecule has 102 valence electrons. The first-order chi connectivity index (χ1) is 9.54. The zero-order chi connectivity index (χ0) is 14.2. The highest BCUT2D eigenvalue weighted by Crippen LogP contribution is 2.38. The van der Waals surface area contributed by atoms with E-state index in [1.54, 1.807) is 42.5 Å². The van der Waals surface area contributed by atoms with Crippen molar-refractivity contribution >= 4 is 11.0 Å². The van der Waals surface area contributed by atoms with E-state index in [9.17, 15) is 13.2 Å². The maximum absolute atomic E-state index is 12.5. The highest BCUT2D eigenvalue weighted by molar-refractivity contribution is 5.97. The Hall–Kier alpha value is -2.50. The Morgan fingerprint density at radius 1 is 1.00 bits per heavy atom. The van der Waals surface area contributed by atoms with E-state index >= 15 is 0 Å². The molecule has 0 fully saturated rings. The van der Waals surface area contributed by atoms with Crippen LogP contribution in [0.1, 0.15) is 0 Å². The molecule has 0 amide bonds. The fraction of sp³-hybridized carbons (Fsp3) is 0.0714. The predicted molar refractivity (Wildman–Crippen MR) is 68.2 cm³/mol. The molecule has 0 aliphatic rings. The third-order valence-electron chi connectivity index (χ3n) is 2.82.